The summed E-state index contributed by atoms with van der Waals surface area (Å²) in [6.07, 6.45) is -3.72. The molecule has 1 aromatic heterocycles. The Morgan fingerprint density at radius 1 is 1.32 bits per heavy atom. The molecule has 1 aromatic rings. The second kappa shape index (κ2) is 7.40. The third-order valence-corrected chi connectivity index (χ3v) is 2.28. The van der Waals surface area contributed by atoms with Gasteiger partial charge < -0.3 is 10.1 Å². The van der Waals surface area contributed by atoms with Crippen LogP contribution in [0.4, 0.5) is 17.6 Å². The van der Waals surface area contributed by atoms with Gasteiger partial charge in [-0.2, -0.15) is 8.78 Å². The number of nitrogens with zero attached hydrogens (tertiary/aromatic N) is 1. The Bertz CT molecular complexity index is 388. The van der Waals surface area contributed by atoms with Crippen molar-refractivity contribution in [2.75, 3.05) is 13.2 Å². The minimum absolute atomic E-state index is 0.220. The molecule has 0 saturated carbocycles. The summed E-state index contributed by atoms with van der Waals surface area (Å²) in [5.41, 5.74) is 1.17. The van der Waals surface area contributed by atoms with E-state index in [9.17, 15) is 17.6 Å². The van der Waals surface area contributed by atoms with Crippen molar-refractivity contribution < 1.29 is 22.3 Å². The van der Waals surface area contributed by atoms with Gasteiger partial charge in [-0.05, 0) is 18.7 Å². The monoisotopic (exact) mass is 280 g/mol. The largest absolute Gasteiger partial charge is 0.369 e. The molecular formula is C12H16F4N2O. The van der Waals surface area contributed by atoms with Crippen molar-refractivity contribution in [3.63, 3.8) is 0 Å². The lowest BCUT2D eigenvalue weighted by Gasteiger charge is -2.15. The Labute approximate surface area is 109 Å². The molecule has 1 rings (SSSR count). The van der Waals surface area contributed by atoms with E-state index in [4.69, 9.17) is 0 Å². The fraction of sp³-hybridized carbons (Fsp3) is 0.583. The first kappa shape index (κ1) is 15.8. The van der Waals surface area contributed by atoms with Crippen LogP contribution in [0.15, 0.2) is 18.2 Å². The third-order valence-electron chi connectivity index (χ3n) is 2.28. The number of ether oxygens (including phenoxy) is 1. The maximum atomic E-state index is 12.6. The molecule has 0 fully saturated rings. The average Bonchev–Trinajstić information content (AvgIpc) is 2.36. The van der Waals surface area contributed by atoms with E-state index in [1.807, 2.05) is 6.92 Å². The van der Waals surface area contributed by atoms with Crippen molar-refractivity contribution in [3.8, 4) is 0 Å². The Hall–Kier alpha value is -1.21. The van der Waals surface area contributed by atoms with Crippen molar-refractivity contribution in [3.05, 3.63) is 29.6 Å². The molecule has 0 radical (unpaired) electrons. The molecule has 1 N–H and O–H groups in total. The van der Waals surface area contributed by atoms with Crippen molar-refractivity contribution >= 4 is 0 Å². The molecule has 0 atom stereocenters. The van der Waals surface area contributed by atoms with Crippen molar-refractivity contribution in [2.45, 2.75) is 32.4 Å². The van der Waals surface area contributed by atoms with Gasteiger partial charge in [0.05, 0.1) is 18.0 Å². The first-order chi connectivity index (χ1) is 8.95. The summed E-state index contributed by atoms with van der Waals surface area (Å²) < 4.78 is 53.5. The highest BCUT2D eigenvalue weighted by Crippen LogP contribution is 2.23. The van der Waals surface area contributed by atoms with Gasteiger partial charge in [-0.15, -0.1) is 0 Å². The van der Waals surface area contributed by atoms with Crippen LogP contribution in [-0.2, 0) is 17.9 Å². The van der Waals surface area contributed by atoms with Gasteiger partial charge in [0.25, 0.3) is 0 Å². The van der Waals surface area contributed by atoms with Gasteiger partial charge in [0.1, 0.15) is 6.61 Å². The van der Waals surface area contributed by atoms with E-state index in [1.54, 1.807) is 18.2 Å². The normalized spacial score (nSPS) is 12.1. The van der Waals surface area contributed by atoms with Crippen molar-refractivity contribution in [2.24, 2.45) is 0 Å². The predicted molar refractivity (Wildman–Crippen MR) is 62.2 cm³/mol. The van der Waals surface area contributed by atoms with Gasteiger partial charge in [-0.1, -0.05) is 13.0 Å². The molecule has 0 aliphatic rings. The maximum absolute atomic E-state index is 12.6. The maximum Gasteiger partial charge on any atom is 0.330 e. The predicted octanol–water partition coefficient (Wildman–Crippen LogP) is 2.61. The zero-order valence-corrected chi connectivity index (χ0v) is 10.5. The van der Waals surface area contributed by atoms with E-state index in [0.717, 1.165) is 12.2 Å². The zero-order valence-electron chi connectivity index (χ0n) is 10.5. The molecule has 0 aliphatic heterocycles. The Morgan fingerprint density at radius 2 is 2.00 bits per heavy atom. The van der Waals surface area contributed by atoms with Gasteiger partial charge in [0.2, 0.25) is 0 Å². The minimum Gasteiger partial charge on any atom is -0.369 e. The SMILES string of the molecule is CCNCc1cccc(COCC(F)(F)C(F)F)n1. The van der Waals surface area contributed by atoms with Crippen LogP contribution < -0.4 is 5.32 Å². The fourth-order valence-electron chi connectivity index (χ4n) is 1.32. The minimum atomic E-state index is -4.12. The molecule has 1 heterocycles. The van der Waals surface area contributed by atoms with E-state index in [1.165, 1.54) is 0 Å². The zero-order chi connectivity index (χ0) is 14.3. The van der Waals surface area contributed by atoms with Crippen LogP contribution >= 0.6 is 0 Å². The number of alkyl halides is 4. The molecule has 19 heavy (non-hydrogen) atoms. The van der Waals surface area contributed by atoms with Gasteiger partial charge >= 0.3 is 12.3 Å². The number of hydrogen-bond acceptors (Lipinski definition) is 3. The molecule has 0 saturated heterocycles. The first-order valence-corrected chi connectivity index (χ1v) is 5.85. The topological polar surface area (TPSA) is 34.1 Å². The van der Waals surface area contributed by atoms with Gasteiger partial charge in [-0.3, -0.25) is 4.98 Å². The highest BCUT2D eigenvalue weighted by molar-refractivity contribution is 5.10. The van der Waals surface area contributed by atoms with Crippen LogP contribution in [-0.4, -0.2) is 30.5 Å². The number of halogens is 4. The van der Waals surface area contributed by atoms with Crippen LogP contribution in [0, 0.1) is 0 Å². The summed E-state index contributed by atoms with van der Waals surface area (Å²) in [6, 6.07) is 5.08. The van der Waals surface area contributed by atoms with Crippen molar-refractivity contribution in [1.82, 2.24) is 10.3 Å². The summed E-state index contributed by atoms with van der Waals surface area (Å²) in [6.45, 7) is 1.74. The lowest BCUT2D eigenvalue weighted by Crippen LogP contribution is -2.32. The standard InChI is InChI=1S/C12H16F4N2O/c1-2-17-6-9-4-3-5-10(18-9)7-19-8-12(15,16)11(13)14/h3-5,11,17H,2,6-8H2,1H3. The molecule has 0 amide bonds. The molecular weight excluding hydrogens is 264 g/mol. The molecule has 0 aromatic carbocycles. The van der Waals surface area contributed by atoms with E-state index in [0.29, 0.717) is 12.2 Å². The lowest BCUT2D eigenvalue weighted by molar-refractivity contribution is -0.168. The molecule has 0 unspecified atom stereocenters. The Kier molecular flexibility index (Phi) is 6.17. The number of aromatic nitrogens is 1. The lowest BCUT2D eigenvalue weighted by atomic mass is 10.3. The summed E-state index contributed by atoms with van der Waals surface area (Å²) in [7, 11) is 0. The summed E-state index contributed by atoms with van der Waals surface area (Å²) in [4.78, 5) is 4.15. The quantitative estimate of drug-likeness (QED) is 0.743. The molecule has 0 bridgehead atoms. The second-order valence-corrected chi connectivity index (χ2v) is 3.96. The fourth-order valence-corrected chi connectivity index (χ4v) is 1.32. The van der Waals surface area contributed by atoms with Gasteiger partial charge in [0, 0.05) is 6.54 Å². The Balaban J connectivity index is 2.45. The number of hydrogen-bond donors (Lipinski definition) is 1. The highest BCUT2D eigenvalue weighted by Gasteiger charge is 2.40. The molecule has 3 nitrogen and oxygen atoms in total. The van der Waals surface area contributed by atoms with E-state index in [-0.39, 0.29) is 6.61 Å². The summed E-state index contributed by atoms with van der Waals surface area (Å²) >= 11 is 0. The number of pyridine rings is 1. The number of rotatable bonds is 8. The Morgan fingerprint density at radius 3 is 2.63 bits per heavy atom. The van der Waals surface area contributed by atoms with E-state index in [2.05, 4.69) is 15.0 Å². The smallest absolute Gasteiger partial charge is 0.330 e. The average molecular weight is 280 g/mol. The van der Waals surface area contributed by atoms with Gasteiger partial charge in [-0.25, -0.2) is 8.78 Å². The van der Waals surface area contributed by atoms with Crippen LogP contribution in [0.3, 0.4) is 0 Å². The highest BCUT2D eigenvalue weighted by atomic mass is 19.3. The van der Waals surface area contributed by atoms with Crippen LogP contribution in [0.5, 0.6) is 0 Å². The van der Waals surface area contributed by atoms with E-state index >= 15 is 0 Å². The van der Waals surface area contributed by atoms with Crippen LogP contribution in [0.2, 0.25) is 0 Å². The molecule has 0 aliphatic carbocycles. The van der Waals surface area contributed by atoms with Gasteiger partial charge in [0.15, 0.2) is 0 Å². The third kappa shape index (κ3) is 5.52. The van der Waals surface area contributed by atoms with Crippen molar-refractivity contribution in [1.29, 1.82) is 0 Å². The van der Waals surface area contributed by atoms with Crippen LogP contribution in [0.1, 0.15) is 18.3 Å². The molecule has 0 spiro atoms. The molecule has 7 heteroatoms. The number of nitrogens with one attached hydrogen (secondary N) is 1. The van der Waals surface area contributed by atoms with Crippen LogP contribution in [0.25, 0.3) is 0 Å². The first-order valence-electron chi connectivity index (χ1n) is 5.85. The van der Waals surface area contributed by atoms with E-state index < -0.39 is 19.0 Å². The second-order valence-electron chi connectivity index (χ2n) is 3.96. The summed E-state index contributed by atoms with van der Waals surface area (Å²) in [5, 5.41) is 3.06. The summed E-state index contributed by atoms with van der Waals surface area (Å²) in [5.74, 6) is -4.12. The molecule has 108 valence electrons.